The Labute approximate surface area is 136 Å². The van der Waals surface area contributed by atoms with Crippen molar-refractivity contribution in [3.05, 3.63) is 71.8 Å². The largest absolute Gasteiger partial charge is 0.349 e. The second-order valence-electron chi connectivity index (χ2n) is 6.64. The summed E-state index contributed by atoms with van der Waals surface area (Å²) in [5.74, 6) is 0.289. The summed E-state index contributed by atoms with van der Waals surface area (Å²) in [4.78, 5) is 15.0. The molecule has 2 saturated heterocycles. The summed E-state index contributed by atoms with van der Waals surface area (Å²) in [7, 11) is 0. The second-order valence-corrected chi connectivity index (χ2v) is 6.64. The molecule has 2 aliphatic heterocycles. The van der Waals surface area contributed by atoms with Crippen LogP contribution in [0.1, 0.15) is 24.5 Å². The molecule has 0 aromatic heterocycles. The Hall–Kier alpha value is -2.13. The average molecular weight is 307 g/mol. The lowest BCUT2D eigenvalue weighted by Gasteiger charge is -2.34. The summed E-state index contributed by atoms with van der Waals surface area (Å²) in [6, 6.07) is 20.6. The predicted octanol–water partition coefficient (Wildman–Crippen LogP) is 3.35. The molecule has 1 amide bonds. The van der Waals surface area contributed by atoms with E-state index >= 15 is 0 Å². The fraction of sp³-hybridized carbons (Fsp3) is 0.350. The van der Waals surface area contributed by atoms with Gasteiger partial charge in [0.1, 0.15) is 0 Å². The molecule has 23 heavy (non-hydrogen) atoms. The molecule has 4 rings (SSSR count). The van der Waals surface area contributed by atoms with Crippen molar-refractivity contribution in [2.24, 2.45) is 5.92 Å². The number of benzene rings is 2. The molecule has 2 heterocycles. The second kappa shape index (κ2) is 5.50. The van der Waals surface area contributed by atoms with E-state index in [1.165, 1.54) is 5.56 Å². The lowest BCUT2D eigenvalue weighted by Crippen LogP contribution is -2.44. The third-order valence-corrected chi connectivity index (χ3v) is 5.16. The minimum absolute atomic E-state index is 0.0642. The third-order valence-electron chi connectivity index (χ3n) is 5.16. The number of nitrogens with zero attached hydrogens (tertiary/aromatic N) is 1. The van der Waals surface area contributed by atoms with Gasteiger partial charge in [0.2, 0.25) is 5.91 Å². The first-order valence-corrected chi connectivity index (χ1v) is 8.25. The highest BCUT2D eigenvalue weighted by Crippen LogP contribution is 2.44. The molecule has 2 fully saturated rings. The van der Waals surface area contributed by atoms with E-state index in [1.807, 2.05) is 60.4 Å². The SMILES string of the molecule is C[C@]1(c2ccccc2)OC[C@@H]2C[C@H](Cc3ccccc3)C(=O)N21. The zero-order valence-corrected chi connectivity index (χ0v) is 13.3. The number of fused-ring (bicyclic) bond motifs is 1. The average Bonchev–Trinajstić information content (AvgIpc) is 3.09. The van der Waals surface area contributed by atoms with E-state index in [2.05, 4.69) is 12.1 Å². The number of rotatable bonds is 3. The number of amides is 1. The summed E-state index contributed by atoms with van der Waals surface area (Å²) < 4.78 is 6.07. The molecule has 0 saturated carbocycles. The van der Waals surface area contributed by atoms with Crippen LogP contribution in [-0.4, -0.2) is 23.5 Å². The summed E-state index contributed by atoms with van der Waals surface area (Å²) in [5.41, 5.74) is 1.65. The van der Waals surface area contributed by atoms with Crippen molar-refractivity contribution in [1.29, 1.82) is 0 Å². The maximum Gasteiger partial charge on any atom is 0.228 e. The fourth-order valence-electron chi connectivity index (χ4n) is 3.98. The first kappa shape index (κ1) is 14.5. The molecule has 2 aromatic carbocycles. The van der Waals surface area contributed by atoms with Crippen LogP contribution in [-0.2, 0) is 21.7 Å². The van der Waals surface area contributed by atoms with Gasteiger partial charge in [-0.3, -0.25) is 4.79 Å². The minimum Gasteiger partial charge on any atom is -0.349 e. The maximum atomic E-state index is 13.0. The molecule has 0 aliphatic carbocycles. The topological polar surface area (TPSA) is 29.5 Å². The zero-order chi connectivity index (χ0) is 15.9. The van der Waals surface area contributed by atoms with Gasteiger partial charge in [0.25, 0.3) is 0 Å². The van der Waals surface area contributed by atoms with E-state index in [1.54, 1.807) is 0 Å². The normalized spacial score (nSPS) is 29.8. The van der Waals surface area contributed by atoms with Gasteiger partial charge in [0.05, 0.1) is 12.6 Å². The Bertz CT molecular complexity index is 700. The maximum absolute atomic E-state index is 13.0. The van der Waals surface area contributed by atoms with E-state index in [0.717, 1.165) is 18.4 Å². The van der Waals surface area contributed by atoms with Crippen LogP contribution in [0, 0.1) is 5.92 Å². The van der Waals surface area contributed by atoms with Crippen LogP contribution < -0.4 is 0 Å². The van der Waals surface area contributed by atoms with Gasteiger partial charge in [-0.25, -0.2) is 0 Å². The number of hydrogen-bond acceptors (Lipinski definition) is 2. The molecule has 2 aromatic rings. The van der Waals surface area contributed by atoms with Crippen molar-refractivity contribution in [3.8, 4) is 0 Å². The van der Waals surface area contributed by atoms with Crippen LogP contribution >= 0.6 is 0 Å². The van der Waals surface area contributed by atoms with E-state index < -0.39 is 5.72 Å². The van der Waals surface area contributed by atoms with E-state index in [9.17, 15) is 4.79 Å². The Kier molecular flexibility index (Phi) is 3.46. The molecule has 0 spiro atoms. The molecule has 3 atom stereocenters. The summed E-state index contributed by atoms with van der Waals surface area (Å²) in [6.07, 6.45) is 1.70. The molecule has 0 N–H and O–H groups in total. The van der Waals surface area contributed by atoms with Crippen molar-refractivity contribution in [2.45, 2.75) is 31.5 Å². The molecule has 3 nitrogen and oxygen atoms in total. The van der Waals surface area contributed by atoms with Crippen molar-refractivity contribution in [3.63, 3.8) is 0 Å². The Morgan fingerprint density at radius 2 is 1.74 bits per heavy atom. The van der Waals surface area contributed by atoms with Gasteiger partial charge in [-0.2, -0.15) is 0 Å². The van der Waals surface area contributed by atoms with Gasteiger partial charge in [0.15, 0.2) is 5.72 Å². The van der Waals surface area contributed by atoms with Gasteiger partial charge in [-0.05, 0) is 25.3 Å². The summed E-state index contributed by atoms with van der Waals surface area (Å²) in [6.45, 7) is 2.65. The number of ether oxygens (including phenoxy) is 1. The van der Waals surface area contributed by atoms with Crippen LogP contribution in [0.25, 0.3) is 0 Å². The Morgan fingerprint density at radius 1 is 1.09 bits per heavy atom. The molecular formula is C20H21NO2. The predicted molar refractivity (Wildman–Crippen MR) is 88.6 cm³/mol. The number of carbonyl (C=O) groups is 1. The summed E-state index contributed by atoms with van der Waals surface area (Å²) >= 11 is 0. The lowest BCUT2D eigenvalue weighted by atomic mass is 9.96. The quantitative estimate of drug-likeness (QED) is 0.870. The number of carbonyl (C=O) groups excluding carboxylic acids is 1. The Balaban J connectivity index is 1.59. The van der Waals surface area contributed by atoms with Crippen LogP contribution in [0.3, 0.4) is 0 Å². The molecule has 118 valence electrons. The monoisotopic (exact) mass is 307 g/mol. The Morgan fingerprint density at radius 3 is 2.43 bits per heavy atom. The van der Waals surface area contributed by atoms with Crippen molar-refractivity contribution < 1.29 is 9.53 Å². The van der Waals surface area contributed by atoms with Crippen LogP contribution in [0.4, 0.5) is 0 Å². The smallest absolute Gasteiger partial charge is 0.228 e. The van der Waals surface area contributed by atoms with Gasteiger partial charge in [-0.15, -0.1) is 0 Å². The van der Waals surface area contributed by atoms with Crippen LogP contribution in [0.2, 0.25) is 0 Å². The van der Waals surface area contributed by atoms with E-state index in [4.69, 9.17) is 4.74 Å². The molecule has 0 bridgehead atoms. The highest BCUT2D eigenvalue weighted by atomic mass is 16.5. The van der Waals surface area contributed by atoms with E-state index in [-0.39, 0.29) is 17.9 Å². The molecular weight excluding hydrogens is 286 g/mol. The van der Waals surface area contributed by atoms with Gasteiger partial charge in [0, 0.05) is 11.5 Å². The third kappa shape index (κ3) is 2.36. The zero-order valence-electron chi connectivity index (χ0n) is 13.3. The highest BCUT2D eigenvalue weighted by Gasteiger charge is 2.54. The first-order valence-electron chi connectivity index (χ1n) is 8.25. The molecule has 0 unspecified atom stereocenters. The van der Waals surface area contributed by atoms with Gasteiger partial charge in [-0.1, -0.05) is 60.7 Å². The minimum atomic E-state index is -0.631. The fourth-order valence-corrected chi connectivity index (χ4v) is 3.98. The molecule has 2 aliphatic rings. The van der Waals surface area contributed by atoms with Crippen molar-refractivity contribution in [2.75, 3.05) is 6.61 Å². The standard InChI is InChI=1S/C20H21NO2/c1-20(17-10-6-3-7-11-17)21-18(14-23-20)13-16(19(21)22)12-15-8-4-2-5-9-15/h2-11,16,18H,12-14H2,1H3/t16-,18-,20+/m0/s1. The molecule has 0 radical (unpaired) electrons. The lowest BCUT2D eigenvalue weighted by molar-refractivity contribution is -0.149. The van der Waals surface area contributed by atoms with E-state index in [0.29, 0.717) is 6.61 Å². The van der Waals surface area contributed by atoms with Crippen molar-refractivity contribution >= 4 is 5.91 Å². The first-order chi connectivity index (χ1) is 11.2. The molecule has 3 heteroatoms. The van der Waals surface area contributed by atoms with Gasteiger partial charge >= 0.3 is 0 Å². The highest BCUT2D eigenvalue weighted by molar-refractivity contribution is 5.83. The number of hydrogen-bond donors (Lipinski definition) is 0. The van der Waals surface area contributed by atoms with Gasteiger partial charge < -0.3 is 9.64 Å². The van der Waals surface area contributed by atoms with Crippen LogP contribution in [0.15, 0.2) is 60.7 Å². The van der Waals surface area contributed by atoms with Crippen LogP contribution in [0.5, 0.6) is 0 Å². The van der Waals surface area contributed by atoms with Crippen molar-refractivity contribution in [1.82, 2.24) is 4.90 Å². The summed E-state index contributed by atoms with van der Waals surface area (Å²) in [5, 5.41) is 0.